The van der Waals surface area contributed by atoms with Gasteiger partial charge in [0.05, 0.1) is 11.1 Å². The van der Waals surface area contributed by atoms with Crippen LogP contribution in [0.25, 0.3) is 0 Å². The third-order valence-corrected chi connectivity index (χ3v) is 2.51. The number of hydrogen-bond acceptors (Lipinski definition) is 4. The van der Waals surface area contributed by atoms with E-state index in [4.69, 9.17) is 0 Å². The van der Waals surface area contributed by atoms with Gasteiger partial charge in [0, 0.05) is 25.2 Å². The zero-order chi connectivity index (χ0) is 13.0. The van der Waals surface area contributed by atoms with Crippen LogP contribution in [0, 0.1) is 10.1 Å². The quantitative estimate of drug-likeness (QED) is 0.497. The number of nitrogens with zero attached hydrogens (tertiary/aromatic N) is 3. The third-order valence-electron chi connectivity index (χ3n) is 2.51. The maximum Gasteiger partial charge on any atom is 0.337 e. The molecule has 0 unspecified atom stereocenters. The zero-order valence-corrected chi connectivity index (χ0v) is 9.57. The van der Waals surface area contributed by atoms with Gasteiger partial charge in [-0.3, -0.25) is 10.1 Å². The maximum atomic E-state index is 11.4. The number of urea groups is 1. The zero-order valence-electron chi connectivity index (χ0n) is 9.57. The second kappa shape index (κ2) is 5.26. The lowest BCUT2D eigenvalue weighted by molar-refractivity contribution is -0.384. The van der Waals surface area contributed by atoms with Gasteiger partial charge in [-0.05, 0) is 24.1 Å². The highest BCUT2D eigenvalue weighted by Crippen LogP contribution is 2.10. The summed E-state index contributed by atoms with van der Waals surface area (Å²) in [6.45, 7) is 1.25. The fourth-order valence-corrected chi connectivity index (χ4v) is 1.55. The highest BCUT2D eigenvalue weighted by Gasteiger charge is 2.15. The number of hydrazone groups is 1. The molecule has 2 amide bonds. The van der Waals surface area contributed by atoms with Crippen LogP contribution in [0.5, 0.6) is 0 Å². The fourth-order valence-electron chi connectivity index (χ4n) is 1.55. The third kappa shape index (κ3) is 2.82. The van der Waals surface area contributed by atoms with Crippen LogP contribution in [-0.2, 0) is 0 Å². The van der Waals surface area contributed by atoms with E-state index in [1.165, 1.54) is 23.4 Å². The molecule has 1 N–H and O–H groups in total. The van der Waals surface area contributed by atoms with Crippen molar-refractivity contribution in [3.63, 3.8) is 0 Å². The van der Waals surface area contributed by atoms with Gasteiger partial charge in [-0.2, -0.15) is 5.10 Å². The first-order chi connectivity index (χ1) is 8.66. The van der Waals surface area contributed by atoms with Crippen molar-refractivity contribution in [2.75, 3.05) is 13.1 Å². The molecule has 1 aliphatic rings. The van der Waals surface area contributed by atoms with Gasteiger partial charge in [-0.15, -0.1) is 0 Å². The van der Waals surface area contributed by atoms with Crippen molar-refractivity contribution in [2.24, 2.45) is 5.10 Å². The summed E-state index contributed by atoms with van der Waals surface area (Å²) in [5, 5.41) is 18.5. The number of nitro benzene ring substituents is 1. The average molecular weight is 248 g/mol. The fraction of sp³-hybridized carbons (Fsp3) is 0.273. The van der Waals surface area contributed by atoms with Gasteiger partial charge in [0.25, 0.3) is 5.69 Å². The summed E-state index contributed by atoms with van der Waals surface area (Å²) in [6.07, 6.45) is 2.36. The van der Waals surface area contributed by atoms with Crippen LogP contribution in [0.15, 0.2) is 29.4 Å². The standard InChI is InChI=1S/C11H12N4O3/c16-11-12-6-1-7-14(11)13-8-9-2-4-10(5-3-9)15(17)18/h2-5,8H,1,6-7H2,(H,12,16). The van der Waals surface area contributed by atoms with Gasteiger partial charge in [0.1, 0.15) is 0 Å². The predicted molar refractivity (Wildman–Crippen MR) is 65.4 cm³/mol. The molecule has 7 nitrogen and oxygen atoms in total. The molecular formula is C11H12N4O3. The highest BCUT2D eigenvalue weighted by molar-refractivity contribution is 5.82. The molecule has 0 radical (unpaired) electrons. The molecule has 1 aliphatic heterocycles. The van der Waals surface area contributed by atoms with Crippen molar-refractivity contribution in [3.05, 3.63) is 39.9 Å². The van der Waals surface area contributed by atoms with Crippen LogP contribution in [-0.4, -0.2) is 35.3 Å². The van der Waals surface area contributed by atoms with E-state index < -0.39 is 4.92 Å². The van der Waals surface area contributed by atoms with E-state index in [9.17, 15) is 14.9 Å². The molecule has 0 atom stereocenters. The first-order valence-corrected chi connectivity index (χ1v) is 5.50. The Kier molecular flexibility index (Phi) is 3.52. The maximum absolute atomic E-state index is 11.4. The predicted octanol–water partition coefficient (Wildman–Crippen LogP) is 1.34. The molecule has 0 spiro atoms. The van der Waals surface area contributed by atoms with E-state index >= 15 is 0 Å². The minimum atomic E-state index is -0.459. The number of nitrogens with one attached hydrogen (secondary N) is 1. The molecule has 1 saturated heterocycles. The highest BCUT2D eigenvalue weighted by atomic mass is 16.6. The van der Waals surface area contributed by atoms with E-state index in [2.05, 4.69) is 10.4 Å². The summed E-state index contributed by atoms with van der Waals surface area (Å²) in [5.41, 5.74) is 0.738. The number of nitro groups is 1. The van der Waals surface area contributed by atoms with Gasteiger partial charge in [-0.1, -0.05) is 0 Å². The van der Waals surface area contributed by atoms with Gasteiger partial charge in [-0.25, -0.2) is 9.80 Å². The Balaban J connectivity index is 2.04. The van der Waals surface area contributed by atoms with Gasteiger partial charge < -0.3 is 5.32 Å². The monoisotopic (exact) mass is 248 g/mol. The lowest BCUT2D eigenvalue weighted by Gasteiger charge is -2.22. The van der Waals surface area contributed by atoms with Crippen LogP contribution in [0.3, 0.4) is 0 Å². The first-order valence-electron chi connectivity index (χ1n) is 5.50. The average Bonchev–Trinajstić information content (AvgIpc) is 2.38. The number of rotatable bonds is 3. The van der Waals surface area contributed by atoms with E-state index in [0.717, 1.165) is 6.42 Å². The number of carbonyl (C=O) groups is 1. The minimum absolute atomic E-state index is 0.0304. The molecule has 1 heterocycles. The van der Waals surface area contributed by atoms with Crippen molar-refractivity contribution in [1.29, 1.82) is 0 Å². The number of non-ortho nitro benzene ring substituents is 1. The second-order valence-corrected chi connectivity index (χ2v) is 3.80. The molecule has 1 aromatic rings. The Morgan fingerprint density at radius 2 is 2.11 bits per heavy atom. The molecular weight excluding hydrogens is 236 g/mol. The normalized spacial score (nSPS) is 15.8. The second-order valence-electron chi connectivity index (χ2n) is 3.80. The number of benzene rings is 1. The largest absolute Gasteiger partial charge is 0.337 e. The summed E-state index contributed by atoms with van der Waals surface area (Å²) in [6, 6.07) is 5.75. The minimum Gasteiger partial charge on any atom is -0.336 e. The van der Waals surface area contributed by atoms with Crippen LogP contribution < -0.4 is 5.32 Å². The van der Waals surface area contributed by atoms with Crippen molar-refractivity contribution in [1.82, 2.24) is 10.3 Å². The Morgan fingerprint density at radius 3 is 2.72 bits per heavy atom. The van der Waals surface area contributed by atoms with Gasteiger partial charge in [0.2, 0.25) is 0 Å². The lowest BCUT2D eigenvalue weighted by Crippen LogP contribution is -2.43. The van der Waals surface area contributed by atoms with Crippen molar-refractivity contribution >= 4 is 17.9 Å². The molecule has 1 aromatic carbocycles. The van der Waals surface area contributed by atoms with Crippen LogP contribution in [0.1, 0.15) is 12.0 Å². The van der Waals surface area contributed by atoms with Gasteiger partial charge in [0.15, 0.2) is 0 Å². The van der Waals surface area contributed by atoms with Crippen molar-refractivity contribution in [3.8, 4) is 0 Å². The molecule has 7 heteroatoms. The van der Waals surface area contributed by atoms with E-state index in [0.29, 0.717) is 18.7 Å². The summed E-state index contributed by atoms with van der Waals surface area (Å²) >= 11 is 0. The van der Waals surface area contributed by atoms with E-state index in [1.54, 1.807) is 12.1 Å². The molecule has 94 valence electrons. The smallest absolute Gasteiger partial charge is 0.336 e. The lowest BCUT2D eigenvalue weighted by atomic mass is 10.2. The van der Waals surface area contributed by atoms with Gasteiger partial charge >= 0.3 is 6.03 Å². The van der Waals surface area contributed by atoms with E-state index in [1.807, 2.05) is 0 Å². The molecule has 2 rings (SSSR count). The Morgan fingerprint density at radius 1 is 1.39 bits per heavy atom. The molecule has 0 bridgehead atoms. The first kappa shape index (κ1) is 12.0. The number of hydrogen-bond donors (Lipinski definition) is 1. The Hall–Kier alpha value is -2.44. The number of carbonyl (C=O) groups excluding carboxylic acids is 1. The van der Waals surface area contributed by atoms with Crippen LogP contribution in [0.2, 0.25) is 0 Å². The topological polar surface area (TPSA) is 87.8 Å². The van der Waals surface area contributed by atoms with E-state index in [-0.39, 0.29) is 11.7 Å². The van der Waals surface area contributed by atoms with Crippen LogP contribution in [0.4, 0.5) is 10.5 Å². The number of amides is 2. The summed E-state index contributed by atoms with van der Waals surface area (Å²) in [4.78, 5) is 21.4. The molecule has 1 fully saturated rings. The Labute approximate surface area is 103 Å². The van der Waals surface area contributed by atoms with Crippen molar-refractivity contribution < 1.29 is 9.72 Å². The van der Waals surface area contributed by atoms with Crippen molar-refractivity contribution in [2.45, 2.75) is 6.42 Å². The molecule has 18 heavy (non-hydrogen) atoms. The molecule has 0 aromatic heterocycles. The summed E-state index contributed by atoms with van der Waals surface area (Å²) < 4.78 is 0. The SMILES string of the molecule is O=C1NCCCN1N=Cc1ccc([N+](=O)[O-])cc1. The molecule has 0 aliphatic carbocycles. The van der Waals surface area contributed by atoms with Crippen LogP contribution >= 0.6 is 0 Å². The molecule has 0 saturated carbocycles. The summed E-state index contributed by atoms with van der Waals surface area (Å²) in [5.74, 6) is 0. The summed E-state index contributed by atoms with van der Waals surface area (Å²) in [7, 11) is 0. The Bertz CT molecular complexity index is 484.